The maximum absolute atomic E-state index is 5.92. The SMILES string of the molecule is CCc1nc(CN2CC(Oc3cccc(Cl)c3)C2)no1. The van der Waals surface area contributed by atoms with Crippen LogP contribution >= 0.6 is 11.6 Å². The summed E-state index contributed by atoms with van der Waals surface area (Å²) in [7, 11) is 0. The second-order valence-electron chi connectivity index (χ2n) is 4.85. The second-order valence-corrected chi connectivity index (χ2v) is 5.29. The first kappa shape index (κ1) is 13.4. The molecule has 0 aliphatic carbocycles. The van der Waals surface area contributed by atoms with E-state index in [1.165, 1.54) is 0 Å². The molecule has 2 heterocycles. The fourth-order valence-electron chi connectivity index (χ4n) is 2.16. The van der Waals surface area contributed by atoms with E-state index < -0.39 is 0 Å². The lowest BCUT2D eigenvalue weighted by molar-refractivity contribution is 0.0126. The minimum Gasteiger partial charge on any atom is -0.488 e. The van der Waals surface area contributed by atoms with Crippen LogP contribution in [0.2, 0.25) is 5.02 Å². The Morgan fingerprint density at radius 3 is 3.00 bits per heavy atom. The summed E-state index contributed by atoms with van der Waals surface area (Å²) in [5.74, 6) is 2.24. The number of likely N-dealkylation sites (tertiary alicyclic amines) is 1. The molecule has 0 saturated carbocycles. The smallest absolute Gasteiger partial charge is 0.226 e. The minimum atomic E-state index is 0.200. The summed E-state index contributed by atoms with van der Waals surface area (Å²) in [5, 5.41) is 4.64. The summed E-state index contributed by atoms with van der Waals surface area (Å²) in [6, 6.07) is 7.47. The number of rotatable bonds is 5. The van der Waals surface area contributed by atoms with Crippen molar-refractivity contribution < 1.29 is 9.26 Å². The Morgan fingerprint density at radius 1 is 1.45 bits per heavy atom. The van der Waals surface area contributed by atoms with Crippen LogP contribution in [0.3, 0.4) is 0 Å². The normalized spacial score (nSPS) is 16.1. The largest absolute Gasteiger partial charge is 0.488 e. The first-order chi connectivity index (χ1) is 9.72. The van der Waals surface area contributed by atoms with Crippen molar-refractivity contribution in [3.8, 4) is 5.75 Å². The average molecular weight is 294 g/mol. The molecule has 0 radical (unpaired) electrons. The summed E-state index contributed by atoms with van der Waals surface area (Å²) in [5.41, 5.74) is 0. The number of aryl methyl sites for hydroxylation is 1. The Labute approximate surface area is 122 Å². The topological polar surface area (TPSA) is 51.4 Å². The fourth-order valence-corrected chi connectivity index (χ4v) is 2.34. The molecule has 1 aliphatic heterocycles. The lowest BCUT2D eigenvalue weighted by atomic mass is 10.1. The molecule has 3 rings (SSSR count). The van der Waals surface area contributed by atoms with E-state index in [0.29, 0.717) is 17.5 Å². The van der Waals surface area contributed by atoms with Gasteiger partial charge in [0, 0.05) is 24.5 Å². The summed E-state index contributed by atoms with van der Waals surface area (Å²) in [6.07, 6.45) is 0.971. The Bertz CT molecular complexity index is 581. The molecule has 0 unspecified atom stereocenters. The van der Waals surface area contributed by atoms with Crippen molar-refractivity contribution in [1.29, 1.82) is 0 Å². The molecule has 1 aromatic carbocycles. The second kappa shape index (κ2) is 5.81. The van der Waals surface area contributed by atoms with Gasteiger partial charge in [0.15, 0.2) is 5.82 Å². The third-order valence-electron chi connectivity index (χ3n) is 3.20. The Morgan fingerprint density at radius 2 is 2.30 bits per heavy atom. The Balaban J connectivity index is 1.47. The van der Waals surface area contributed by atoms with E-state index in [4.69, 9.17) is 20.9 Å². The van der Waals surface area contributed by atoms with Crippen LogP contribution in [0.5, 0.6) is 5.75 Å². The van der Waals surface area contributed by atoms with Crippen LogP contribution < -0.4 is 4.74 Å². The van der Waals surface area contributed by atoms with Crippen molar-refractivity contribution in [2.75, 3.05) is 13.1 Å². The molecule has 1 aromatic heterocycles. The summed E-state index contributed by atoms with van der Waals surface area (Å²) in [4.78, 5) is 6.52. The summed E-state index contributed by atoms with van der Waals surface area (Å²) < 4.78 is 10.9. The van der Waals surface area contributed by atoms with Crippen molar-refractivity contribution in [1.82, 2.24) is 15.0 Å². The van der Waals surface area contributed by atoms with Gasteiger partial charge in [-0.15, -0.1) is 0 Å². The zero-order chi connectivity index (χ0) is 13.9. The summed E-state index contributed by atoms with van der Waals surface area (Å²) in [6.45, 7) is 4.43. The zero-order valence-electron chi connectivity index (χ0n) is 11.3. The van der Waals surface area contributed by atoms with E-state index in [9.17, 15) is 0 Å². The molecular weight excluding hydrogens is 278 g/mol. The quantitative estimate of drug-likeness (QED) is 0.848. The molecule has 20 heavy (non-hydrogen) atoms. The zero-order valence-corrected chi connectivity index (χ0v) is 12.0. The van der Waals surface area contributed by atoms with E-state index in [0.717, 1.165) is 31.1 Å². The first-order valence-corrected chi connectivity index (χ1v) is 7.07. The predicted octanol–water partition coefficient (Wildman–Crippen LogP) is 2.55. The predicted molar refractivity (Wildman–Crippen MR) is 74.8 cm³/mol. The van der Waals surface area contributed by atoms with Crippen LogP contribution in [0.15, 0.2) is 28.8 Å². The van der Waals surface area contributed by atoms with Crippen molar-refractivity contribution in [2.24, 2.45) is 0 Å². The molecule has 0 amide bonds. The highest BCUT2D eigenvalue weighted by molar-refractivity contribution is 6.30. The molecule has 1 aliphatic rings. The number of aromatic nitrogens is 2. The molecule has 0 atom stereocenters. The molecule has 1 saturated heterocycles. The molecule has 5 nitrogen and oxygen atoms in total. The van der Waals surface area contributed by atoms with Gasteiger partial charge in [-0.1, -0.05) is 29.7 Å². The van der Waals surface area contributed by atoms with Gasteiger partial charge in [-0.05, 0) is 18.2 Å². The molecule has 0 N–H and O–H groups in total. The standard InChI is InChI=1S/C14H16ClN3O2/c1-2-14-16-13(17-20-14)9-18-7-12(8-18)19-11-5-3-4-10(15)6-11/h3-6,12H,2,7-9H2,1H3. The lowest BCUT2D eigenvalue weighted by Gasteiger charge is -2.38. The summed E-state index contributed by atoms with van der Waals surface area (Å²) >= 11 is 5.92. The van der Waals surface area contributed by atoms with Crippen molar-refractivity contribution in [3.63, 3.8) is 0 Å². The Hall–Kier alpha value is -1.59. The van der Waals surface area contributed by atoms with Gasteiger partial charge in [0.1, 0.15) is 11.9 Å². The molecule has 1 fully saturated rings. The van der Waals surface area contributed by atoms with Gasteiger partial charge in [-0.3, -0.25) is 4.90 Å². The highest BCUT2D eigenvalue weighted by Gasteiger charge is 2.29. The molecular formula is C14H16ClN3O2. The number of hydrogen-bond acceptors (Lipinski definition) is 5. The average Bonchev–Trinajstić information content (AvgIpc) is 2.84. The number of benzene rings is 1. The number of ether oxygens (including phenoxy) is 1. The van der Waals surface area contributed by atoms with Gasteiger partial charge in [0.05, 0.1) is 6.54 Å². The molecule has 0 spiro atoms. The van der Waals surface area contributed by atoms with Crippen LogP contribution in [0.1, 0.15) is 18.6 Å². The van der Waals surface area contributed by atoms with E-state index in [2.05, 4.69) is 15.0 Å². The molecule has 6 heteroatoms. The van der Waals surface area contributed by atoms with E-state index in [1.54, 1.807) is 0 Å². The van der Waals surface area contributed by atoms with Crippen molar-refractivity contribution in [2.45, 2.75) is 26.0 Å². The van der Waals surface area contributed by atoms with Gasteiger partial charge in [-0.25, -0.2) is 0 Å². The Kier molecular flexibility index (Phi) is 3.89. The van der Waals surface area contributed by atoms with Gasteiger partial charge in [-0.2, -0.15) is 4.98 Å². The van der Waals surface area contributed by atoms with Crippen LogP contribution in [0.4, 0.5) is 0 Å². The maximum Gasteiger partial charge on any atom is 0.226 e. The van der Waals surface area contributed by atoms with Crippen molar-refractivity contribution in [3.05, 3.63) is 41.0 Å². The third kappa shape index (κ3) is 3.11. The monoisotopic (exact) mass is 293 g/mol. The minimum absolute atomic E-state index is 0.200. The van der Waals surface area contributed by atoms with Crippen LogP contribution in [-0.2, 0) is 13.0 Å². The molecule has 106 valence electrons. The number of hydrogen-bond donors (Lipinski definition) is 0. The third-order valence-corrected chi connectivity index (χ3v) is 3.44. The van der Waals surface area contributed by atoms with E-state index in [-0.39, 0.29) is 6.10 Å². The highest BCUT2D eigenvalue weighted by atomic mass is 35.5. The van der Waals surface area contributed by atoms with E-state index in [1.807, 2.05) is 31.2 Å². The highest BCUT2D eigenvalue weighted by Crippen LogP contribution is 2.22. The molecule has 0 bridgehead atoms. The number of nitrogens with zero attached hydrogens (tertiary/aromatic N) is 3. The van der Waals surface area contributed by atoms with Crippen LogP contribution in [-0.4, -0.2) is 34.2 Å². The molecule has 2 aromatic rings. The van der Waals surface area contributed by atoms with Crippen molar-refractivity contribution >= 4 is 11.6 Å². The lowest BCUT2D eigenvalue weighted by Crippen LogP contribution is -2.53. The fraction of sp³-hybridized carbons (Fsp3) is 0.429. The number of halogens is 1. The maximum atomic E-state index is 5.92. The first-order valence-electron chi connectivity index (χ1n) is 6.69. The van der Waals surface area contributed by atoms with Gasteiger partial charge < -0.3 is 9.26 Å². The van der Waals surface area contributed by atoms with Crippen LogP contribution in [0.25, 0.3) is 0 Å². The van der Waals surface area contributed by atoms with E-state index >= 15 is 0 Å². The van der Waals surface area contributed by atoms with Gasteiger partial charge >= 0.3 is 0 Å². The van der Waals surface area contributed by atoms with Gasteiger partial charge in [0.2, 0.25) is 5.89 Å². The van der Waals surface area contributed by atoms with Gasteiger partial charge in [0.25, 0.3) is 0 Å². The van der Waals surface area contributed by atoms with Crippen LogP contribution in [0, 0.1) is 0 Å².